The number of halogens is 1. The van der Waals surface area contributed by atoms with Crippen LogP contribution >= 0.6 is 15.9 Å². The first kappa shape index (κ1) is 12.2. The Bertz CT molecular complexity index is 710. The van der Waals surface area contributed by atoms with E-state index in [-0.39, 0.29) is 10.7 Å². The number of rotatable bonds is 1. The summed E-state index contributed by atoms with van der Waals surface area (Å²) in [5, 5.41) is 0. The minimum absolute atomic E-state index is 0.210. The Kier molecular flexibility index (Phi) is 2.71. The summed E-state index contributed by atoms with van der Waals surface area (Å²) in [7, 11) is 0. The third-order valence-corrected chi connectivity index (χ3v) is 4.78. The SMILES string of the molecule is O=C1CC(Br)CN1c1ccc2c(c1)Cc1ccccc1-2. The molecule has 1 aliphatic heterocycles. The van der Waals surface area contributed by atoms with Gasteiger partial charge in [0.2, 0.25) is 5.91 Å². The fourth-order valence-electron chi connectivity index (χ4n) is 3.21. The second-order valence-corrected chi connectivity index (χ2v) is 6.78. The normalized spacial score (nSPS) is 20.1. The fraction of sp³-hybridized carbons (Fsp3) is 0.235. The van der Waals surface area contributed by atoms with Gasteiger partial charge in [-0.25, -0.2) is 0 Å². The number of nitrogens with zero attached hydrogens (tertiary/aromatic N) is 1. The first-order valence-electron chi connectivity index (χ1n) is 6.88. The molecule has 2 nitrogen and oxygen atoms in total. The maximum absolute atomic E-state index is 12.0. The van der Waals surface area contributed by atoms with E-state index in [4.69, 9.17) is 0 Å². The second-order valence-electron chi connectivity index (χ2n) is 5.48. The Morgan fingerprint density at radius 3 is 2.65 bits per heavy atom. The molecule has 1 saturated heterocycles. The first-order chi connectivity index (χ1) is 9.72. The molecule has 0 bridgehead atoms. The average molecular weight is 328 g/mol. The Hall–Kier alpha value is -1.61. The number of alkyl halides is 1. The molecule has 2 aromatic rings. The molecule has 1 fully saturated rings. The van der Waals surface area contributed by atoms with Gasteiger partial charge in [0.05, 0.1) is 0 Å². The maximum Gasteiger partial charge on any atom is 0.228 e. The topological polar surface area (TPSA) is 20.3 Å². The minimum atomic E-state index is 0.210. The molecule has 0 radical (unpaired) electrons. The van der Waals surface area contributed by atoms with Crippen LogP contribution in [0.2, 0.25) is 0 Å². The fourth-order valence-corrected chi connectivity index (χ4v) is 3.78. The van der Waals surface area contributed by atoms with Gasteiger partial charge in [-0.3, -0.25) is 4.79 Å². The molecular weight excluding hydrogens is 314 g/mol. The summed E-state index contributed by atoms with van der Waals surface area (Å²) in [4.78, 5) is 14.2. The zero-order chi connectivity index (χ0) is 13.7. The Morgan fingerprint density at radius 1 is 1.05 bits per heavy atom. The van der Waals surface area contributed by atoms with Crippen LogP contribution in [-0.2, 0) is 11.2 Å². The molecule has 4 rings (SSSR count). The Morgan fingerprint density at radius 2 is 1.85 bits per heavy atom. The van der Waals surface area contributed by atoms with Crippen molar-refractivity contribution in [2.24, 2.45) is 0 Å². The molecule has 1 unspecified atom stereocenters. The van der Waals surface area contributed by atoms with Gasteiger partial charge in [-0.1, -0.05) is 46.3 Å². The van der Waals surface area contributed by atoms with Gasteiger partial charge in [0.15, 0.2) is 0 Å². The van der Waals surface area contributed by atoms with Gasteiger partial charge >= 0.3 is 0 Å². The number of fused-ring (bicyclic) bond motifs is 3. The van der Waals surface area contributed by atoms with Crippen molar-refractivity contribution in [1.29, 1.82) is 0 Å². The largest absolute Gasteiger partial charge is 0.311 e. The molecular formula is C17H14BrNO. The van der Waals surface area contributed by atoms with Crippen molar-refractivity contribution in [3.63, 3.8) is 0 Å². The molecule has 3 heteroatoms. The lowest BCUT2D eigenvalue weighted by Gasteiger charge is -2.17. The van der Waals surface area contributed by atoms with Gasteiger partial charge in [0.25, 0.3) is 0 Å². The van der Waals surface area contributed by atoms with E-state index in [1.165, 1.54) is 22.3 Å². The van der Waals surface area contributed by atoms with Crippen molar-refractivity contribution in [3.05, 3.63) is 53.6 Å². The van der Waals surface area contributed by atoms with E-state index in [0.29, 0.717) is 6.42 Å². The highest BCUT2D eigenvalue weighted by atomic mass is 79.9. The van der Waals surface area contributed by atoms with Gasteiger partial charge in [0.1, 0.15) is 0 Å². The Labute approximate surface area is 126 Å². The number of carbonyl (C=O) groups is 1. The molecule has 0 spiro atoms. The van der Waals surface area contributed by atoms with Gasteiger partial charge in [-0.05, 0) is 40.8 Å². The van der Waals surface area contributed by atoms with Crippen LogP contribution in [0.1, 0.15) is 17.5 Å². The quantitative estimate of drug-likeness (QED) is 0.623. The van der Waals surface area contributed by atoms with E-state index < -0.39 is 0 Å². The van der Waals surface area contributed by atoms with Gasteiger partial charge < -0.3 is 4.90 Å². The third-order valence-electron chi connectivity index (χ3n) is 4.17. The number of hydrogen-bond donors (Lipinski definition) is 0. The molecule has 0 saturated carbocycles. The highest BCUT2D eigenvalue weighted by molar-refractivity contribution is 9.09. The van der Waals surface area contributed by atoms with Gasteiger partial charge in [-0.15, -0.1) is 0 Å². The van der Waals surface area contributed by atoms with Crippen molar-refractivity contribution in [2.45, 2.75) is 17.7 Å². The van der Waals surface area contributed by atoms with Crippen LogP contribution in [0.3, 0.4) is 0 Å². The summed E-state index contributed by atoms with van der Waals surface area (Å²) in [6.45, 7) is 0.768. The van der Waals surface area contributed by atoms with Gasteiger partial charge in [-0.2, -0.15) is 0 Å². The van der Waals surface area contributed by atoms with E-state index in [9.17, 15) is 4.79 Å². The minimum Gasteiger partial charge on any atom is -0.311 e. The third kappa shape index (κ3) is 1.80. The molecule has 1 amide bonds. The molecule has 0 aromatic heterocycles. The van der Waals surface area contributed by atoms with Crippen LogP contribution < -0.4 is 4.90 Å². The first-order valence-corrected chi connectivity index (χ1v) is 7.79. The summed E-state index contributed by atoms with van der Waals surface area (Å²) < 4.78 is 0. The zero-order valence-corrected chi connectivity index (χ0v) is 12.6. The second kappa shape index (κ2) is 4.45. The van der Waals surface area contributed by atoms with Crippen LogP contribution in [0, 0.1) is 0 Å². The Balaban J connectivity index is 1.74. The van der Waals surface area contributed by atoms with E-state index >= 15 is 0 Å². The van der Waals surface area contributed by atoms with Crippen LogP contribution in [0.25, 0.3) is 11.1 Å². The average Bonchev–Trinajstić information content (AvgIpc) is 2.97. The lowest BCUT2D eigenvalue weighted by atomic mass is 10.1. The molecule has 20 heavy (non-hydrogen) atoms. The lowest BCUT2D eigenvalue weighted by Crippen LogP contribution is -2.24. The maximum atomic E-state index is 12.0. The predicted molar refractivity (Wildman–Crippen MR) is 84.4 cm³/mol. The van der Waals surface area contributed by atoms with E-state index in [0.717, 1.165) is 18.7 Å². The summed E-state index contributed by atoms with van der Waals surface area (Å²) in [6.07, 6.45) is 1.57. The van der Waals surface area contributed by atoms with E-state index in [1.54, 1.807) is 0 Å². The van der Waals surface area contributed by atoms with Crippen molar-refractivity contribution in [1.82, 2.24) is 0 Å². The van der Waals surface area contributed by atoms with Crippen molar-refractivity contribution >= 4 is 27.5 Å². The predicted octanol–water partition coefficient (Wildman–Crippen LogP) is 3.76. The van der Waals surface area contributed by atoms with Crippen molar-refractivity contribution in [2.75, 3.05) is 11.4 Å². The number of carbonyl (C=O) groups excluding carboxylic acids is 1. The summed E-state index contributed by atoms with van der Waals surface area (Å²) in [5.41, 5.74) is 6.38. The zero-order valence-electron chi connectivity index (χ0n) is 11.0. The van der Waals surface area contributed by atoms with E-state index in [1.807, 2.05) is 4.90 Å². The monoisotopic (exact) mass is 327 g/mol. The number of benzene rings is 2. The van der Waals surface area contributed by atoms with E-state index in [2.05, 4.69) is 58.4 Å². The molecule has 2 aromatic carbocycles. The number of anilines is 1. The summed E-state index contributed by atoms with van der Waals surface area (Å²) in [5.74, 6) is 0.210. The number of hydrogen-bond acceptors (Lipinski definition) is 1. The highest BCUT2D eigenvalue weighted by Crippen LogP contribution is 2.39. The van der Waals surface area contributed by atoms with Gasteiger partial charge in [0, 0.05) is 23.5 Å². The van der Waals surface area contributed by atoms with Crippen molar-refractivity contribution < 1.29 is 4.79 Å². The molecule has 1 aliphatic carbocycles. The molecule has 0 N–H and O–H groups in total. The highest BCUT2D eigenvalue weighted by Gasteiger charge is 2.29. The molecule has 1 atom stereocenters. The summed E-state index contributed by atoms with van der Waals surface area (Å²) >= 11 is 3.54. The smallest absolute Gasteiger partial charge is 0.228 e. The van der Waals surface area contributed by atoms with Crippen LogP contribution in [-0.4, -0.2) is 17.3 Å². The molecule has 2 aliphatic rings. The lowest BCUT2D eigenvalue weighted by molar-refractivity contribution is -0.117. The van der Waals surface area contributed by atoms with Crippen LogP contribution in [0.4, 0.5) is 5.69 Å². The van der Waals surface area contributed by atoms with Crippen molar-refractivity contribution in [3.8, 4) is 11.1 Å². The molecule has 1 heterocycles. The molecule has 100 valence electrons. The van der Waals surface area contributed by atoms with Crippen LogP contribution in [0.15, 0.2) is 42.5 Å². The van der Waals surface area contributed by atoms with Crippen LogP contribution in [0.5, 0.6) is 0 Å². The number of amides is 1. The summed E-state index contributed by atoms with van der Waals surface area (Å²) in [6, 6.07) is 14.9. The standard InChI is InChI=1S/C17H14BrNO/c18-13-9-17(20)19(10-13)14-5-6-16-12(8-14)7-11-3-1-2-4-15(11)16/h1-6,8,13H,7,9-10H2.